The Morgan fingerprint density at radius 1 is 1.33 bits per heavy atom. The fraction of sp³-hybridized carbons (Fsp3) is 0.462. The number of carbonyl (C=O) groups is 1. The first-order chi connectivity index (χ1) is 8.63. The van der Waals surface area contributed by atoms with E-state index in [1.54, 1.807) is 25.3 Å². The largest absolute Gasteiger partial charge is 0.379 e. The van der Waals surface area contributed by atoms with Crippen LogP contribution in [0.4, 0.5) is 0 Å². The molecule has 5 heteroatoms. The van der Waals surface area contributed by atoms with Gasteiger partial charge in [-0.3, -0.25) is 4.79 Å². The fourth-order valence-electron chi connectivity index (χ4n) is 2.33. The molecule has 1 N–H and O–H groups in total. The minimum absolute atomic E-state index is 0.0369. The van der Waals surface area contributed by atoms with Gasteiger partial charge in [0.1, 0.15) is 0 Å². The molecule has 2 atom stereocenters. The molecule has 0 aromatic heterocycles. The number of benzene rings is 1. The van der Waals surface area contributed by atoms with Crippen molar-refractivity contribution in [1.29, 1.82) is 0 Å². The highest BCUT2D eigenvalue weighted by molar-refractivity contribution is 6.39. The first-order valence-electron chi connectivity index (χ1n) is 5.91. The molecule has 0 saturated heterocycles. The maximum absolute atomic E-state index is 12.2. The van der Waals surface area contributed by atoms with Gasteiger partial charge in [-0.25, -0.2) is 0 Å². The van der Waals surface area contributed by atoms with Crippen LogP contribution in [0.3, 0.4) is 0 Å². The number of carbonyl (C=O) groups excluding carboxylic acids is 1. The maximum Gasteiger partial charge on any atom is 0.254 e. The molecule has 3 nitrogen and oxygen atoms in total. The van der Waals surface area contributed by atoms with Crippen molar-refractivity contribution in [3.05, 3.63) is 33.8 Å². The molecule has 0 spiro atoms. The molecular weight excluding hydrogens is 273 g/mol. The molecule has 18 heavy (non-hydrogen) atoms. The van der Waals surface area contributed by atoms with Crippen molar-refractivity contribution >= 4 is 29.1 Å². The first kappa shape index (κ1) is 13.7. The quantitative estimate of drug-likeness (QED) is 0.926. The van der Waals surface area contributed by atoms with Gasteiger partial charge >= 0.3 is 0 Å². The van der Waals surface area contributed by atoms with Gasteiger partial charge in [0, 0.05) is 7.11 Å². The average molecular weight is 288 g/mol. The Morgan fingerprint density at radius 2 is 2.00 bits per heavy atom. The Labute approximate surface area is 116 Å². The van der Waals surface area contributed by atoms with Gasteiger partial charge < -0.3 is 10.1 Å². The van der Waals surface area contributed by atoms with E-state index in [9.17, 15) is 4.79 Å². The topological polar surface area (TPSA) is 38.3 Å². The molecule has 98 valence electrons. The highest BCUT2D eigenvalue weighted by atomic mass is 35.5. The second kappa shape index (κ2) is 5.91. The van der Waals surface area contributed by atoms with Crippen LogP contribution in [0.15, 0.2) is 18.2 Å². The lowest BCUT2D eigenvalue weighted by Gasteiger charge is -2.20. The van der Waals surface area contributed by atoms with Gasteiger partial charge in [0.15, 0.2) is 0 Å². The van der Waals surface area contributed by atoms with Gasteiger partial charge in [0.05, 0.1) is 27.8 Å². The zero-order chi connectivity index (χ0) is 13.1. The molecule has 1 saturated carbocycles. The molecular formula is C13H15Cl2NO2. The van der Waals surface area contributed by atoms with Crippen LogP contribution < -0.4 is 5.32 Å². The SMILES string of the molecule is COC1CCCC1NC(=O)c1c(Cl)cccc1Cl. The Balaban J connectivity index is 2.12. The molecule has 2 unspecified atom stereocenters. The molecule has 1 amide bonds. The van der Waals surface area contributed by atoms with Crippen LogP contribution in [0.1, 0.15) is 29.6 Å². The average Bonchev–Trinajstić information content (AvgIpc) is 2.76. The molecule has 2 rings (SSSR count). The van der Waals surface area contributed by atoms with Crippen LogP contribution in [0.25, 0.3) is 0 Å². The summed E-state index contributed by atoms with van der Waals surface area (Å²) in [6, 6.07) is 5.07. The van der Waals surface area contributed by atoms with Crippen molar-refractivity contribution < 1.29 is 9.53 Å². The van der Waals surface area contributed by atoms with E-state index >= 15 is 0 Å². The number of rotatable bonds is 3. The molecule has 1 fully saturated rings. The van der Waals surface area contributed by atoms with Crippen LogP contribution >= 0.6 is 23.2 Å². The van der Waals surface area contributed by atoms with E-state index in [-0.39, 0.29) is 18.1 Å². The summed E-state index contributed by atoms with van der Waals surface area (Å²) >= 11 is 12.0. The van der Waals surface area contributed by atoms with Crippen molar-refractivity contribution in [2.75, 3.05) is 7.11 Å². The van der Waals surface area contributed by atoms with Crippen LogP contribution in [-0.2, 0) is 4.74 Å². The highest BCUT2D eigenvalue weighted by Gasteiger charge is 2.29. The normalized spacial score (nSPS) is 23.1. The molecule has 0 bridgehead atoms. The number of ether oxygens (including phenoxy) is 1. The van der Waals surface area contributed by atoms with Crippen LogP contribution in [-0.4, -0.2) is 25.2 Å². The number of amides is 1. The Kier molecular flexibility index (Phi) is 4.49. The smallest absolute Gasteiger partial charge is 0.254 e. The minimum Gasteiger partial charge on any atom is -0.379 e. The third kappa shape index (κ3) is 2.79. The maximum atomic E-state index is 12.2. The van der Waals surface area contributed by atoms with E-state index in [1.165, 1.54) is 0 Å². The summed E-state index contributed by atoms with van der Waals surface area (Å²) in [5.74, 6) is -0.237. The predicted molar refractivity (Wildman–Crippen MR) is 72.4 cm³/mol. The lowest BCUT2D eigenvalue weighted by Crippen LogP contribution is -2.40. The lowest BCUT2D eigenvalue weighted by atomic mass is 10.1. The minimum atomic E-state index is -0.237. The standard InChI is InChI=1S/C13H15Cl2NO2/c1-18-11-7-3-6-10(11)16-13(17)12-8(14)4-2-5-9(12)15/h2,4-5,10-11H,3,6-7H2,1H3,(H,16,17). The second-order valence-electron chi connectivity index (χ2n) is 4.38. The Morgan fingerprint density at radius 3 is 2.61 bits per heavy atom. The van der Waals surface area contributed by atoms with Gasteiger partial charge in [-0.2, -0.15) is 0 Å². The molecule has 0 radical (unpaired) electrons. The zero-order valence-corrected chi connectivity index (χ0v) is 11.6. The summed E-state index contributed by atoms with van der Waals surface area (Å²) in [5, 5.41) is 3.68. The Hall–Kier alpha value is -0.770. The lowest BCUT2D eigenvalue weighted by molar-refractivity contribution is 0.0722. The van der Waals surface area contributed by atoms with Gasteiger partial charge in [-0.05, 0) is 31.4 Å². The fourth-order valence-corrected chi connectivity index (χ4v) is 2.90. The van der Waals surface area contributed by atoms with Crippen LogP contribution in [0.5, 0.6) is 0 Å². The summed E-state index contributed by atoms with van der Waals surface area (Å²) in [6.45, 7) is 0. The number of hydrogen-bond acceptors (Lipinski definition) is 2. The second-order valence-corrected chi connectivity index (χ2v) is 5.20. The van der Waals surface area contributed by atoms with E-state index < -0.39 is 0 Å². The molecule has 0 heterocycles. The molecule has 1 aliphatic carbocycles. The van der Waals surface area contributed by atoms with Crippen LogP contribution in [0, 0.1) is 0 Å². The number of halogens is 2. The number of hydrogen-bond donors (Lipinski definition) is 1. The first-order valence-corrected chi connectivity index (χ1v) is 6.66. The number of methoxy groups -OCH3 is 1. The van der Waals surface area contributed by atoms with Gasteiger partial charge in [0.2, 0.25) is 0 Å². The monoisotopic (exact) mass is 287 g/mol. The van der Waals surface area contributed by atoms with Crippen molar-refractivity contribution in [2.24, 2.45) is 0 Å². The van der Waals surface area contributed by atoms with E-state index in [0.29, 0.717) is 15.6 Å². The summed E-state index contributed by atoms with van der Waals surface area (Å²) < 4.78 is 5.34. The van der Waals surface area contributed by atoms with Crippen molar-refractivity contribution in [2.45, 2.75) is 31.4 Å². The van der Waals surface area contributed by atoms with Crippen molar-refractivity contribution in [3.8, 4) is 0 Å². The zero-order valence-electron chi connectivity index (χ0n) is 10.1. The third-order valence-electron chi connectivity index (χ3n) is 3.26. The predicted octanol–water partition coefficient (Wildman–Crippen LogP) is 3.29. The summed E-state index contributed by atoms with van der Waals surface area (Å²) in [7, 11) is 1.66. The van der Waals surface area contributed by atoms with E-state index in [4.69, 9.17) is 27.9 Å². The van der Waals surface area contributed by atoms with Crippen molar-refractivity contribution in [1.82, 2.24) is 5.32 Å². The number of nitrogens with one attached hydrogen (secondary N) is 1. The van der Waals surface area contributed by atoms with E-state index in [1.807, 2.05) is 0 Å². The van der Waals surface area contributed by atoms with Crippen molar-refractivity contribution in [3.63, 3.8) is 0 Å². The summed E-state index contributed by atoms with van der Waals surface area (Å²) in [6.07, 6.45) is 3.03. The van der Waals surface area contributed by atoms with Gasteiger partial charge in [0.25, 0.3) is 5.91 Å². The third-order valence-corrected chi connectivity index (χ3v) is 3.89. The molecule has 0 aliphatic heterocycles. The molecule has 1 aromatic rings. The molecule has 1 aromatic carbocycles. The molecule has 1 aliphatic rings. The summed E-state index contributed by atoms with van der Waals surface area (Å²) in [4.78, 5) is 12.2. The van der Waals surface area contributed by atoms with Gasteiger partial charge in [-0.1, -0.05) is 29.3 Å². The Bertz CT molecular complexity index is 430. The van der Waals surface area contributed by atoms with Crippen LogP contribution in [0.2, 0.25) is 10.0 Å². The summed E-state index contributed by atoms with van der Waals surface area (Å²) in [5.41, 5.74) is 0.336. The van der Waals surface area contributed by atoms with E-state index in [0.717, 1.165) is 19.3 Å². The van der Waals surface area contributed by atoms with E-state index in [2.05, 4.69) is 5.32 Å². The highest BCUT2D eigenvalue weighted by Crippen LogP contribution is 2.26. The van der Waals surface area contributed by atoms with Gasteiger partial charge in [-0.15, -0.1) is 0 Å².